The van der Waals surface area contributed by atoms with E-state index in [2.05, 4.69) is 9.89 Å². The van der Waals surface area contributed by atoms with Crippen molar-refractivity contribution in [1.29, 1.82) is 0 Å². The van der Waals surface area contributed by atoms with Gasteiger partial charge in [-0.15, -0.1) is 0 Å². The number of carbonyl (C=O) groups is 3. The number of hydrogen-bond donors (Lipinski definition) is 1. The number of nitrogens with zero attached hydrogens (tertiary/aromatic N) is 2. The summed E-state index contributed by atoms with van der Waals surface area (Å²) in [5.74, 6) is -1.54. The second-order valence-electron chi connectivity index (χ2n) is 9.78. The third kappa shape index (κ3) is 5.02. The average molecular weight is 543 g/mol. The highest BCUT2D eigenvalue weighted by atomic mass is 16.5. The van der Waals surface area contributed by atoms with Crippen LogP contribution in [0.3, 0.4) is 0 Å². The zero-order valence-corrected chi connectivity index (χ0v) is 22.5. The van der Waals surface area contributed by atoms with E-state index in [0.29, 0.717) is 41.8 Å². The maximum Gasteiger partial charge on any atom is 0.336 e. The number of aromatic carboxylic acids is 1. The Bertz CT molecular complexity index is 1630. The van der Waals surface area contributed by atoms with Gasteiger partial charge in [-0.3, -0.25) is 14.6 Å². The minimum atomic E-state index is -1.02. The number of esters is 2. The van der Waals surface area contributed by atoms with Gasteiger partial charge in [0.1, 0.15) is 11.3 Å². The third-order valence-electron chi connectivity index (χ3n) is 7.42. The molecule has 206 valence electrons. The summed E-state index contributed by atoms with van der Waals surface area (Å²) in [6.45, 7) is 3.27. The van der Waals surface area contributed by atoms with Crippen LogP contribution in [-0.2, 0) is 19.1 Å². The van der Waals surface area contributed by atoms with E-state index in [1.165, 1.54) is 14.2 Å². The topological polar surface area (TPSA) is 119 Å². The zero-order valence-electron chi connectivity index (χ0n) is 22.5. The summed E-state index contributed by atoms with van der Waals surface area (Å²) in [6.07, 6.45) is 0.602. The summed E-state index contributed by atoms with van der Waals surface area (Å²) in [6, 6.07) is 18.2. The molecule has 9 nitrogen and oxygen atoms in total. The first-order valence-corrected chi connectivity index (χ1v) is 13.1. The fourth-order valence-electron chi connectivity index (χ4n) is 5.10. The molecule has 0 radical (unpaired) electrons. The number of carbonyl (C=O) groups excluding carboxylic acids is 2. The lowest BCUT2D eigenvalue weighted by Crippen LogP contribution is -2.50. The van der Waals surface area contributed by atoms with Crippen molar-refractivity contribution in [1.82, 2.24) is 0 Å². The first-order chi connectivity index (χ1) is 19.3. The largest absolute Gasteiger partial charge is 0.478 e. The maximum absolute atomic E-state index is 12.2. The lowest BCUT2D eigenvalue weighted by molar-refractivity contribution is -0.146. The van der Waals surface area contributed by atoms with Crippen LogP contribution >= 0.6 is 0 Å². The highest BCUT2D eigenvalue weighted by Crippen LogP contribution is 2.42. The average Bonchev–Trinajstić information content (AvgIpc) is 2.94. The molecule has 0 spiro atoms. The molecule has 0 bridgehead atoms. The van der Waals surface area contributed by atoms with Crippen LogP contribution in [0.4, 0.5) is 5.69 Å². The normalized spacial score (nSPS) is 14.7. The molecule has 0 saturated carbocycles. The fourth-order valence-corrected chi connectivity index (χ4v) is 5.10. The second-order valence-corrected chi connectivity index (χ2v) is 9.78. The minimum absolute atomic E-state index is 0.173. The van der Waals surface area contributed by atoms with Gasteiger partial charge in [0.15, 0.2) is 0 Å². The molecular formula is C31H30N2O7. The molecule has 0 amide bonds. The predicted octanol–water partition coefficient (Wildman–Crippen LogP) is 4.61. The van der Waals surface area contributed by atoms with Gasteiger partial charge >= 0.3 is 17.9 Å². The minimum Gasteiger partial charge on any atom is -0.478 e. The smallest absolute Gasteiger partial charge is 0.336 e. The Morgan fingerprint density at radius 2 is 1.80 bits per heavy atom. The Hall–Kier alpha value is -4.66. The molecule has 1 fully saturated rings. The van der Waals surface area contributed by atoms with Gasteiger partial charge in [-0.05, 0) is 42.3 Å². The zero-order chi connectivity index (χ0) is 28.4. The molecule has 40 heavy (non-hydrogen) atoms. The van der Waals surface area contributed by atoms with Gasteiger partial charge in [0, 0.05) is 47.4 Å². The van der Waals surface area contributed by atoms with Crippen LogP contribution in [0, 0.1) is 11.8 Å². The van der Waals surface area contributed by atoms with Gasteiger partial charge < -0.3 is 23.9 Å². The van der Waals surface area contributed by atoms with E-state index < -0.39 is 5.97 Å². The van der Waals surface area contributed by atoms with Crippen LogP contribution in [0.5, 0.6) is 0 Å². The highest BCUT2D eigenvalue weighted by molar-refractivity contribution is 6.07. The molecule has 1 aliphatic carbocycles. The van der Waals surface area contributed by atoms with E-state index in [1.54, 1.807) is 24.3 Å². The summed E-state index contributed by atoms with van der Waals surface area (Å²) < 4.78 is 16.1. The fraction of sp³-hybridized carbons (Fsp3) is 0.290. The number of rotatable bonds is 8. The Balaban J connectivity index is 1.65. The van der Waals surface area contributed by atoms with Gasteiger partial charge in [0.05, 0.1) is 43.5 Å². The van der Waals surface area contributed by atoms with Crippen LogP contribution in [0.25, 0.3) is 33.4 Å². The van der Waals surface area contributed by atoms with Crippen LogP contribution < -0.4 is 10.3 Å². The molecule has 1 N–H and O–H groups in total. The molecular weight excluding hydrogens is 512 g/mol. The van der Waals surface area contributed by atoms with E-state index >= 15 is 0 Å². The molecule has 9 heteroatoms. The molecule has 3 aliphatic rings. The van der Waals surface area contributed by atoms with E-state index in [0.717, 1.165) is 22.2 Å². The van der Waals surface area contributed by atoms with Crippen molar-refractivity contribution in [3.8, 4) is 22.5 Å². The monoisotopic (exact) mass is 542 g/mol. The van der Waals surface area contributed by atoms with Crippen LogP contribution in [0.1, 0.15) is 23.7 Å². The highest BCUT2D eigenvalue weighted by Gasteiger charge is 2.34. The van der Waals surface area contributed by atoms with Crippen LogP contribution in [-0.4, -0.2) is 56.9 Å². The summed E-state index contributed by atoms with van der Waals surface area (Å²) in [4.78, 5) is 42.7. The van der Waals surface area contributed by atoms with Crippen molar-refractivity contribution in [2.45, 2.75) is 13.3 Å². The van der Waals surface area contributed by atoms with Crippen molar-refractivity contribution in [3.63, 3.8) is 0 Å². The molecule has 5 rings (SSSR count). The quantitative estimate of drug-likeness (QED) is 0.253. The number of fused-ring (bicyclic) bond motifs is 2. The summed E-state index contributed by atoms with van der Waals surface area (Å²) in [7, 11) is 2.76. The molecule has 1 atom stereocenters. The molecule has 0 aromatic heterocycles. The molecule has 1 unspecified atom stereocenters. The van der Waals surface area contributed by atoms with Crippen molar-refractivity contribution in [2.75, 3.05) is 38.8 Å². The number of ether oxygens (including phenoxy) is 2. The van der Waals surface area contributed by atoms with Crippen LogP contribution in [0.15, 0.2) is 70.1 Å². The molecule has 2 aromatic carbocycles. The first kappa shape index (κ1) is 26.9. The number of carboxylic acid groups (broad SMARTS) is 1. The van der Waals surface area contributed by atoms with E-state index in [9.17, 15) is 19.5 Å². The summed E-state index contributed by atoms with van der Waals surface area (Å²) >= 11 is 0. The van der Waals surface area contributed by atoms with Crippen LogP contribution in [0.2, 0.25) is 0 Å². The van der Waals surface area contributed by atoms with Gasteiger partial charge in [0.25, 0.3) is 0 Å². The third-order valence-corrected chi connectivity index (χ3v) is 7.42. The van der Waals surface area contributed by atoms with E-state index in [-0.39, 0.29) is 35.9 Å². The Labute approximate surface area is 231 Å². The molecule has 1 saturated heterocycles. The number of carboxylic acids is 1. The van der Waals surface area contributed by atoms with E-state index in [4.69, 9.17) is 13.9 Å². The van der Waals surface area contributed by atoms with Crippen molar-refractivity contribution in [3.05, 3.63) is 71.6 Å². The van der Waals surface area contributed by atoms with E-state index in [1.807, 2.05) is 43.3 Å². The number of benzene rings is 3. The number of anilines is 1. The lowest BCUT2D eigenvalue weighted by Gasteiger charge is -2.39. The van der Waals surface area contributed by atoms with Gasteiger partial charge in [-0.1, -0.05) is 25.1 Å². The molecule has 2 aromatic rings. The predicted molar refractivity (Wildman–Crippen MR) is 149 cm³/mol. The molecule has 2 aliphatic heterocycles. The van der Waals surface area contributed by atoms with Crippen molar-refractivity contribution in [2.24, 2.45) is 16.8 Å². The van der Waals surface area contributed by atoms with Gasteiger partial charge in [-0.25, -0.2) is 4.79 Å². The summed E-state index contributed by atoms with van der Waals surface area (Å²) in [5.41, 5.74) is 3.69. The lowest BCUT2D eigenvalue weighted by atomic mass is 9.90. The van der Waals surface area contributed by atoms with Gasteiger partial charge in [-0.2, -0.15) is 0 Å². The Kier molecular flexibility index (Phi) is 7.55. The number of methoxy groups -OCH3 is 2. The Morgan fingerprint density at radius 1 is 1.02 bits per heavy atom. The van der Waals surface area contributed by atoms with Crippen molar-refractivity contribution < 1.29 is 33.4 Å². The second kappa shape index (κ2) is 11.2. The summed E-state index contributed by atoms with van der Waals surface area (Å²) in [5, 5.41) is 11.3. The maximum atomic E-state index is 12.2. The Morgan fingerprint density at radius 3 is 2.50 bits per heavy atom. The molecule has 2 heterocycles. The number of hydrogen-bond acceptors (Lipinski definition) is 8. The van der Waals surface area contributed by atoms with Crippen molar-refractivity contribution >= 4 is 34.6 Å². The SMILES string of the molecule is CCC(CN=c1ccc2c(-c3ccccc3C(=O)O)c3ccc(N4CC(C(=O)OC)C4)cc3oc-2c1)C(=O)OC. The standard InChI is InChI=1S/C31H30N2O7/c1-4-18(30(36)38-2)15-32-20-9-11-24-26(13-20)40-27-14-21(33-16-19(17-33)31(37)39-3)10-12-25(27)28(24)22-7-5-6-8-23(22)29(34)35/h5-14,18-19H,4,15-17H2,1-3H3,(H,34,35). The van der Waals surface area contributed by atoms with Gasteiger partial charge in [0.2, 0.25) is 0 Å². The first-order valence-electron chi connectivity index (χ1n) is 13.1.